The summed E-state index contributed by atoms with van der Waals surface area (Å²) in [5.41, 5.74) is 1.96. The molecule has 0 amide bonds. The molecule has 1 heterocycles. The van der Waals surface area contributed by atoms with Crippen molar-refractivity contribution in [2.75, 3.05) is 24.2 Å². The lowest BCUT2D eigenvalue weighted by Crippen LogP contribution is -2.12. The van der Waals surface area contributed by atoms with Gasteiger partial charge in [-0.15, -0.1) is 0 Å². The fourth-order valence-electron chi connectivity index (χ4n) is 1.26. The highest BCUT2D eigenvalue weighted by molar-refractivity contribution is 5.53. The minimum absolute atomic E-state index is 0.210. The van der Waals surface area contributed by atoms with Gasteiger partial charge in [0.25, 0.3) is 0 Å². The summed E-state index contributed by atoms with van der Waals surface area (Å²) in [4.78, 5) is 4.09. The summed E-state index contributed by atoms with van der Waals surface area (Å²) in [6, 6.07) is 1.99. The number of aliphatic hydroxyl groups is 1. The van der Waals surface area contributed by atoms with Gasteiger partial charge < -0.3 is 15.7 Å². The summed E-state index contributed by atoms with van der Waals surface area (Å²) in [5, 5.41) is 15.6. The lowest BCUT2D eigenvalue weighted by Gasteiger charge is -2.10. The molecule has 84 valence electrons. The predicted octanol–water partition coefficient (Wildman–Crippen LogP) is 1.70. The Morgan fingerprint density at radius 2 is 2.13 bits per heavy atom. The summed E-state index contributed by atoms with van der Waals surface area (Å²) >= 11 is 0. The standard InChI is InChI=1S/C11H19N3O/c1-3-11(15)4-5-14-10-6-9(12-2)7-13-8-10/h6-8,11-12,14-15H,3-5H2,1-2H3. The van der Waals surface area contributed by atoms with Crippen LogP contribution in [0.5, 0.6) is 0 Å². The maximum atomic E-state index is 9.37. The fraction of sp³-hybridized carbons (Fsp3) is 0.545. The number of aliphatic hydroxyl groups excluding tert-OH is 1. The highest BCUT2D eigenvalue weighted by Gasteiger charge is 2.00. The normalized spacial score (nSPS) is 12.2. The van der Waals surface area contributed by atoms with Crippen molar-refractivity contribution in [2.45, 2.75) is 25.9 Å². The molecule has 0 bridgehead atoms. The van der Waals surface area contributed by atoms with Gasteiger partial charge in [0, 0.05) is 13.6 Å². The van der Waals surface area contributed by atoms with Crippen LogP contribution in [-0.2, 0) is 0 Å². The fourth-order valence-corrected chi connectivity index (χ4v) is 1.26. The molecule has 4 nitrogen and oxygen atoms in total. The number of nitrogens with zero attached hydrogens (tertiary/aromatic N) is 1. The SMILES string of the molecule is CCC(O)CCNc1cncc(NC)c1. The van der Waals surface area contributed by atoms with Crippen molar-refractivity contribution in [3.63, 3.8) is 0 Å². The van der Waals surface area contributed by atoms with Crippen LogP contribution >= 0.6 is 0 Å². The molecule has 0 aliphatic carbocycles. The van der Waals surface area contributed by atoms with Gasteiger partial charge in [-0.1, -0.05) is 6.92 Å². The van der Waals surface area contributed by atoms with Gasteiger partial charge in [-0.2, -0.15) is 0 Å². The molecule has 0 radical (unpaired) electrons. The molecular weight excluding hydrogens is 190 g/mol. The van der Waals surface area contributed by atoms with Gasteiger partial charge in [0.05, 0.1) is 29.9 Å². The van der Waals surface area contributed by atoms with E-state index < -0.39 is 0 Å². The molecule has 0 aliphatic heterocycles. The molecule has 0 saturated heterocycles. The molecule has 0 fully saturated rings. The monoisotopic (exact) mass is 209 g/mol. The van der Waals surface area contributed by atoms with Gasteiger partial charge in [-0.25, -0.2) is 0 Å². The van der Waals surface area contributed by atoms with Crippen LogP contribution < -0.4 is 10.6 Å². The third kappa shape index (κ3) is 4.16. The van der Waals surface area contributed by atoms with E-state index >= 15 is 0 Å². The Morgan fingerprint density at radius 3 is 2.80 bits per heavy atom. The molecule has 0 spiro atoms. The quantitative estimate of drug-likeness (QED) is 0.667. The minimum Gasteiger partial charge on any atom is -0.393 e. The highest BCUT2D eigenvalue weighted by Crippen LogP contribution is 2.12. The molecule has 0 aromatic carbocycles. The van der Waals surface area contributed by atoms with Crippen LogP contribution in [0.3, 0.4) is 0 Å². The van der Waals surface area contributed by atoms with Gasteiger partial charge >= 0.3 is 0 Å². The molecule has 4 heteroatoms. The van der Waals surface area contributed by atoms with E-state index in [4.69, 9.17) is 0 Å². The Bertz CT molecular complexity index is 291. The molecule has 0 saturated carbocycles. The van der Waals surface area contributed by atoms with Gasteiger partial charge in [-0.3, -0.25) is 4.98 Å². The number of hydrogen-bond donors (Lipinski definition) is 3. The lowest BCUT2D eigenvalue weighted by molar-refractivity contribution is 0.164. The van der Waals surface area contributed by atoms with Crippen molar-refractivity contribution in [1.29, 1.82) is 0 Å². The largest absolute Gasteiger partial charge is 0.393 e. The third-order valence-electron chi connectivity index (χ3n) is 2.30. The van der Waals surface area contributed by atoms with Crippen LogP contribution in [0.2, 0.25) is 0 Å². The van der Waals surface area contributed by atoms with Crippen LogP contribution in [-0.4, -0.2) is 29.8 Å². The molecule has 1 unspecified atom stereocenters. The van der Waals surface area contributed by atoms with E-state index in [1.807, 2.05) is 20.0 Å². The first-order valence-electron chi connectivity index (χ1n) is 5.31. The zero-order chi connectivity index (χ0) is 11.1. The van der Waals surface area contributed by atoms with Crippen LogP contribution in [0.25, 0.3) is 0 Å². The smallest absolute Gasteiger partial charge is 0.0554 e. The Hall–Kier alpha value is -1.29. The first kappa shape index (κ1) is 11.8. The summed E-state index contributed by atoms with van der Waals surface area (Å²) < 4.78 is 0. The van der Waals surface area contributed by atoms with E-state index in [2.05, 4.69) is 15.6 Å². The van der Waals surface area contributed by atoms with Crippen molar-refractivity contribution in [2.24, 2.45) is 0 Å². The first-order valence-corrected chi connectivity index (χ1v) is 5.31. The van der Waals surface area contributed by atoms with E-state index in [0.717, 1.165) is 30.8 Å². The van der Waals surface area contributed by atoms with Crippen LogP contribution in [0.1, 0.15) is 19.8 Å². The molecular formula is C11H19N3O. The Labute approximate surface area is 90.7 Å². The summed E-state index contributed by atoms with van der Waals surface area (Å²) in [5.74, 6) is 0. The van der Waals surface area contributed by atoms with E-state index in [1.165, 1.54) is 0 Å². The number of anilines is 2. The van der Waals surface area contributed by atoms with Gasteiger partial charge in [0.1, 0.15) is 0 Å². The van der Waals surface area contributed by atoms with E-state index in [0.29, 0.717) is 0 Å². The molecule has 0 aliphatic rings. The molecule has 15 heavy (non-hydrogen) atoms. The molecule has 1 atom stereocenters. The second-order valence-corrected chi connectivity index (χ2v) is 3.49. The Balaban J connectivity index is 2.37. The third-order valence-corrected chi connectivity index (χ3v) is 2.30. The van der Waals surface area contributed by atoms with E-state index in [1.54, 1.807) is 12.4 Å². The predicted molar refractivity (Wildman–Crippen MR) is 63.2 cm³/mol. The molecule has 1 aromatic rings. The van der Waals surface area contributed by atoms with Gasteiger partial charge in [-0.05, 0) is 18.9 Å². The van der Waals surface area contributed by atoms with Gasteiger partial charge in [0.2, 0.25) is 0 Å². The summed E-state index contributed by atoms with van der Waals surface area (Å²) in [7, 11) is 1.86. The second kappa shape index (κ2) is 6.24. The Morgan fingerprint density at radius 1 is 1.40 bits per heavy atom. The zero-order valence-corrected chi connectivity index (χ0v) is 9.33. The van der Waals surface area contributed by atoms with E-state index in [-0.39, 0.29) is 6.10 Å². The number of aromatic nitrogens is 1. The number of pyridine rings is 1. The van der Waals surface area contributed by atoms with Crippen molar-refractivity contribution < 1.29 is 5.11 Å². The maximum Gasteiger partial charge on any atom is 0.0554 e. The Kier molecular flexibility index (Phi) is 4.90. The topological polar surface area (TPSA) is 57.2 Å². The molecule has 1 aromatic heterocycles. The van der Waals surface area contributed by atoms with Crippen molar-refractivity contribution in [3.8, 4) is 0 Å². The average molecular weight is 209 g/mol. The van der Waals surface area contributed by atoms with Gasteiger partial charge in [0.15, 0.2) is 0 Å². The van der Waals surface area contributed by atoms with Crippen molar-refractivity contribution in [3.05, 3.63) is 18.5 Å². The van der Waals surface area contributed by atoms with Crippen LogP contribution in [0.15, 0.2) is 18.5 Å². The van der Waals surface area contributed by atoms with Crippen LogP contribution in [0.4, 0.5) is 11.4 Å². The molecule has 3 N–H and O–H groups in total. The molecule has 1 rings (SSSR count). The van der Waals surface area contributed by atoms with E-state index in [9.17, 15) is 5.11 Å². The zero-order valence-electron chi connectivity index (χ0n) is 9.33. The number of rotatable bonds is 6. The minimum atomic E-state index is -0.210. The second-order valence-electron chi connectivity index (χ2n) is 3.49. The van der Waals surface area contributed by atoms with Crippen LogP contribution in [0, 0.1) is 0 Å². The van der Waals surface area contributed by atoms with Crippen molar-refractivity contribution >= 4 is 11.4 Å². The average Bonchev–Trinajstić information content (AvgIpc) is 2.29. The summed E-state index contributed by atoms with van der Waals surface area (Å²) in [6.45, 7) is 2.75. The lowest BCUT2D eigenvalue weighted by atomic mass is 10.2. The van der Waals surface area contributed by atoms with Crippen molar-refractivity contribution in [1.82, 2.24) is 4.98 Å². The first-order chi connectivity index (χ1) is 7.26. The number of nitrogens with one attached hydrogen (secondary N) is 2. The maximum absolute atomic E-state index is 9.37. The summed E-state index contributed by atoms with van der Waals surface area (Å²) in [6.07, 6.45) is 4.90. The highest BCUT2D eigenvalue weighted by atomic mass is 16.3. The number of hydrogen-bond acceptors (Lipinski definition) is 4.